The zero-order chi connectivity index (χ0) is 15.4. The Morgan fingerprint density at radius 1 is 1.38 bits per heavy atom. The van der Waals surface area contributed by atoms with Gasteiger partial charge in [0, 0.05) is 18.1 Å². The van der Waals surface area contributed by atoms with Gasteiger partial charge in [0.15, 0.2) is 0 Å². The number of nitriles is 1. The molecule has 2 fully saturated rings. The number of rotatable bonds is 3. The number of fused-ring (bicyclic) bond motifs is 1. The highest BCUT2D eigenvalue weighted by Crippen LogP contribution is 2.52. The molecule has 1 aliphatic carbocycles. The monoisotopic (exact) mass is 326 g/mol. The number of benzene rings is 1. The first-order chi connectivity index (χ1) is 9.86. The second kappa shape index (κ2) is 4.70. The average molecular weight is 327 g/mol. The number of carbonyl (C=O) groups is 1. The Morgan fingerprint density at radius 3 is 2.52 bits per heavy atom. The zero-order valence-electron chi connectivity index (χ0n) is 10.7. The highest BCUT2D eigenvalue weighted by molar-refractivity contribution is 7.89. The van der Waals surface area contributed by atoms with Crippen molar-refractivity contribution >= 4 is 27.6 Å². The van der Waals surface area contributed by atoms with Gasteiger partial charge in [0.25, 0.3) is 0 Å². The predicted molar refractivity (Wildman–Crippen MR) is 73.0 cm³/mol. The lowest BCUT2D eigenvalue weighted by atomic mass is 10.2. The van der Waals surface area contributed by atoms with E-state index in [0.29, 0.717) is 5.02 Å². The molecular weight excluding hydrogens is 316 g/mol. The van der Waals surface area contributed by atoms with E-state index in [4.69, 9.17) is 22.0 Å². The van der Waals surface area contributed by atoms with Crippen molar-refractivity contribution < 1.29 is 18.3 Å². The Kier molecular flexibility index (Phi) is 3.20. The second-order valence-corrected chi connectivity index (χ2v) is 7.61. The van der Waals surface area contributed by atoms with E-state index >= 15 is 0 Å². The lowest BCUT2D eigenvalue weighted by molar-refractivity contribution is -0.139. The normalized spacial score (nSPS) is 27.9. The zero-order valence-corrected chi connectivity index (χ0v) is 12.3. The number of halogens is 1. The fourth-order valence-corrected chi connectivity index (χ4v) is 4.81. The number of piperidine rings is 1. The molecule has 21 heavy (non-hydrogen) atoms. The molecule has 1 unspecified atom stereocenters. The Hall–Kier alpha value is -1.62. The van der Waals surface area contributed by atoms with Gasteiger partial charge in [0.05, 0.1) is 11.5 Å². The summed E-state index contributed by atoms with van der Waals surface area (Å²) in [5, 5.41) is 18.3. The molecule has 1 heterocycles. The number of carboxylic acids is 1. The van der Waals surface area contributed by atoms with Crippen molar-refractivity contribution in [3.05, 3.63) is 28.8 Å². The van der Waals surface area contributed by atoms with Crippen LogP contribution < -0.4 is 0 Å². The van der Waals surface area contributed by atoms with Crippen LogP contribution in [0.2, 0.25) is 5.02 Å². The molecule has 0 radical (unpaired) electrons. The van der Waals surface area contributed by atoms with Crippen LogP contribution in [0.3, 0.4) is 0 Å². The minimum absolute atomic E-state index is 0.00198. The molecule has 2 aliphatic rings. The van der Waals surface area contributed by atoms with Gasteiger partial charge in [-0.3, -0.25) is 4.79 Å². The number of sulfonamides is 1. The SMILES string of the molecule is N#Cc1cc(Cl)ccc1S(=O)(=O)N1C[C@@H]2C(C(=O)O)[C@@H]2C1. The van der Waals surface area contributed by atoms with E-state index < -0.39 is 21.9 Å². The van der Waals surface area contributed by atoms with Crippen LogP contribution >= 0.6 is 11.6 Å². The summed E-state index contributed by atoms with van der Waals surface area (Å²) in [7, 11) is -3.79. The maximum Gasteiger partial charge on any atom is 0.307 e. The quantitative estimate of drug-likeness (QED) is 0.898. The fourth-order valence-electron chi connectivity index (χ4n) is 3.00. The van der Waals surface area contributed by atoms with Crippen LogP contribution in [0.1, 0.15) is 5.56 Å². The summed E-state index contributed by atoms with van der Waals surface area (Å²) in [6, 6.07) is 5.88. The number of aliphatic carboxylic acids is 1. The Labute approximate surface area is 126 Å². The van der Waals surface area contributed by atoms with Crippen molar-refractivity contribution in [2.45, 2.75) is 4.90 Å². The van der Waals surface area contributed by atoms with E-state index in [-0.39, 0.29) is 35.4 Å². The van der Waals surface area contributed by atoms with E-state index in [9.17, 15) is 13.2 Å². The smallest absolute Gasteiger partial charge is 0.307 e. The number of hydrogen-bond donors (Lipinski definition) is 1. The van der Waals surface area contributed by atoms with E-state index in [2.05, 4.69) is 0 Å². The Morgan fingerprint density at radius 2 is 2.00 bits per heavy atom. The van der Waals surface area contributed by atoms with Crippen molar-refractivity contribution in [3.63, 3.8) is 0 Å². The lowest BCUT2D eigenvalue weighted by Gasteiger charge is -2.19. The third kappa shape index (κ3) is 2.20. The highest BCUT2D eigenvalue weighted by Gasteiger charge is 2.61. The fraction of sp³-hybridized carbons (Fsp3) is 0.385. The van der Waals surface area contributed by atoms with Crippen LogP contribution in [0, 0.1) is 29.1 Å². The standard InChI is InChI=1S/C13H11ClN2O4S/c14-8-1-2-11(7(3-8)4-15)21(19,20)16-5-9-10(6-16)12(9)13(17)18/h1-3,9-10,12H,5-6H2,(H,17,18)/t9-,10+,12?. The van der Waals surface area contributed by atoms with E-state index in [1.165, 1.54) is 22.5 Å². The molecule has 0 bridgehead atoms. The van der Waals surface area contributed by atoms with E-state index in [1.54, 1.807) is 0 Å². The number of nitrogens with zero attached hydrogens (tertiary/aromatic N) is 2. The maximum atomic E-state index is 12.6. The van der Waals surface area contributed by atoms with E-state index in [1.807, 2.05) is 6.07 Å². The predicted octanol–water partition coefficient (Wildman–Crippen LogP) is 1.16. The van der Waals surface area contributed by atoms with Crippen LogP contribution in [-0.2, 0) is 14.8 Å². The molecule has 1 aromatic carbocycles. The Balaban J connectivity index is 1.87. The van der Waals surface area contributed by atoms with Crippen molar-refractivity contribution in [2.75, 3.05) is 13.1 Å². The van der Waals surface area contributed by atoms with Crippen LogP contribution in [-0.4, -0.2) is 36.9 Å². The molecule has 8 heteroatoms. The van der Waals surface area contributed by atoms with Gasteiger partial charge in [-0.15, -0.1) is 0 Å². The molecule has 3 atom stereocenters. The van der Waals surface area contributed by atoms with Crippen molar-refractivity contribution in [1.82, 2.24) is 4.31 Å². The van der Waals surface area contributed by atoms with Crippen molar-refractivity contribution in [2.24, 2.45) is 17.8 Å². The summed E-state index contributed by atoms with van der Waals surface area (Å²) in [5.41, 5.74) is -0.00198. The van der Waals surface area contributed by atoms with Gasteiger partial charge in [-0.1, -0.05) is 11.6 Å². The van der Waals surface area contributed by atoms with Gasteiger partial charge in [0.2, 0.25) is 10.0 Å². The number of hydrogen-bond acceptors (Lipinski definition) is 4. The van der Waals surface area contributed by atoms with Gasteiger partial charge >= 0.3 is 5.97 Å². The van der Waals surface area contributed by atoms with Crippen LogP contribution in [0.4, 0.5) is 0 Å². The van der Waals surface area contributed by atoms with Gasteiger partial charge in [-0.25, -0.2) is 8.42 Å². The summed E-state index contributed by atoms with van der Waals surface area (Å²) in [6.45, 7) is 0.384. The summed E-state index contributed by atoms with van der Waals surface area (Å²) >= 11 is 5.76. The molecule has 3 rings (SSSR count). The number of carboxylic acid groups (broad SMARTS) is 1. The minimum atomic E-state index is -3.79. The lowest BCUT2D eigenvalue weighted by Crippen LogP contribution is -2.33. The molecular formula is C13H11ClN2O4S. The molecule has 1 saturated carbocycles. The minimum Gasteiger partial charge on any atom is -0.481 e. The van der Waals surface area contributed by atoms with Crippen LogP contribution in [0.15, 0.2) is 23.1 Å². The van der Waals surface area contributed by atoms with E-state index in [0.717, 1.165) is 0 Å². The van der Waals surface area contributed by atoms with Gasteiger partial charge in [-0.05, 0) is 30.0 Å². The van der Waals surface area contributed by atoms with Gasteiger partial charge < -0.3 is 5.11 Å². The first kappa shape index (κ1) is 14.3. The molecule has 6 nitrogen and oxygen atoms in total. The van der Waals surface area contributed by atoms with Crippen molar-refractivity contribution in [3.8, 4) is 6.07 Å². The topological polar surface area (TPSA) is 98.5 Å². The first-order valence-corrected chi connectivity index (χ1v) is 8.10. The molecule has 1 aromatic rings. The molecule has 110 valence electrons. The second-order valence-electron chi connectivity index (χ2n) is 5.27. The highest BCUT2D eigenvalue weighted by atomic mass is 35.5. The Bertz CT molecular complexity index is 759. The molecule has 1 aliphatic heterocycles. The molecule has 0 amide bonds. The first-order valence-electron chi connectivity index (χ1n) is 6.29. The van der Waals surface area contributed by atoms with Gasteiger partial charge in [-0.2, -0.15) is 9.57 Å². The summed E-state index contributed by atoms with van der Waals surface area (Å²) < 4.78 is 26.4. The third-order valence-electron chi connectivity index (χ3n) is 4.13. The molecule has 1 N–H and O–H groups in total. The molecule has 1 saturated heterocycles. The van der Waals surface area contributed by atoms with Gasteiger partial charge in [0.1, 0.15) is 11.0 Å². The van der Waals surface area contributed by atoms with Crippen LogP contribution in [0.25, 0.3) is 0 Å². The summed E-state index contributed by atoms with van der Waals surface area (Å²) in [5.74, 6) is -1.53. The maximum absolute atomic E-state index is 12.6. The molecule has 0 aromatic heterocycles. The average Bonchev–Trinajstić information content (AvgIpc) is 2.94. The summed E-state index contributed by atoms with van der Waals surface area (Å²) in [4.78, 5) is 10.8. The van der Waals surface area contributed by atoms with Crippen LogP contribution in [0.5, 0.6) is 0 Å². The van der Waals surface area contributed by atoms with Crippen molar-refractivity contribution in [1.29, 1.82) is 5.26 Å². The molecule has 0 spiro atoms. The third-order valence-corrected chi connectivity index (χ3v) is 6.25. The summed E-state index contributed by atoms with van der Waals surface area (Å²) in [6.07, 6.45) is 0. The largest absolute Gasteiger partial charge is 0.481 e.